The molecule has 4 heteroatoms. The van der Waals surface area contributed by atoms with Crippen LogP contribution >= 0.6 is 0 Å². The molecule has 1 unspecified atom stereocenters. The minimum absolute atomic E-state index is 0.184. The van der Waals surface area contributed by atoms with Crippen LogP contribution in [-0.4, -0.2) is 25.5 Å². The third kappa shape index (κ3) is 3.51. The molecule has 4 fully saturated rings. The molecule has 0 aromatic carbocycles. The molecule has 2 atom stereocenters. The lowest BCUT2D eigenvalue weighted by atomic mass is 9.48. The van der Waals surface area contributed by atoms with Gasteiger partial charge in [0, 0.05) is 6.04 Å². The fourth-order valence-electron chi connectivity index (χ4n) is 6.37. The highest BCUT2D eigenvalue weighted by molar-refractivity contribution is 5.77. The van der Waals surface area contributed by atoms with E-state index in [1.54, 1.807) is 0 Å². The summed E-state index contributed by atoms with van der Waals surface area (Å²) in [4.78, 5) is 13.8. The summed E-state index contributed by atoms with van der Waals surface area (Å²) in [5.41, 5.74) is 0.385. The Kier molecular flexibility index (Phi) is 4.43. The topological polar surface area (TPSA) is 46.7 Å². The van der Waals surface area contributed by atoms with E-state index in [2.05, 4.69) is 19.3 Å². The third-order valence-electron chi connectivity index (χ3n) is 7.12. The fraction of sp³-hybridized carbons (Fsp3) is 0.762. The molecule has 4 aliphatic carbocycles. The zero-order chi connectivity index (χ0) is 17.6. The van der Waals surface area contributed by atoms with Gasteiger partial charge in [-0.2, -0.15) is 0 Å². The van der Waals surface area contributed by atoms with Crippen molar-refractivity contribution in [3.8, 4) is 0 Å². The van der Waals surface area contributed by atoms with Crippen molar-refractivity contribution in [2.45, 2.75) is 65.0 Å². The second-order valence-electron chi connectivity index (χ2n) is 9.39. The van der Waals surface area contributed by atoms with Crippen LogP contribution in [0, 0.1) is 30.1 Å². The first-order chi connectivity index (χ1) is 11.9. The third-order valence-corrected chi connectivity index (χ3v) is 7.12. The Labute approximate surface area is 151 Å². The van der Waals surface area contributed by atoms with Crippen LogP contribution in [-0.2, 0) is 11.3 Å². The Bertz CT molecular complexity index is 600. The molecule has 0 radical (unpaired) electrons. The summed E-state index contributed by atoms with van der Waals surface area (Å²) in [6.07, 6.45) is 8.39. The maximum absolute atomic E-state index is 12.6. The fourth-order valence-corrected chi connectivity index (χ4v) is 6.37. The van der Waals surface area contributed by atoms with Crippen molar-refractivity contribution >= 4 is 5.91 Å². The molecule has 4 nitrogen and oxygen atoms in total. The van der Waals surface area contributed by atoms with Crippen LogP contribution in [0.3, 0.4) is 0 Å². The summed E-state index contributed by atoms with van der Waals surface area (Å²) >= 11 is 0. The molecule has 1 heterocycles. The van der Waals surface area contributed by atoms with Gasteiger partial charge in [-0.05, 0) is 87.7 Å². The maximum Gasteiger partial charge on any atom is 0.275 e. The largest absolute Gasteiger partial charge is 0.460 e. The molecule has 4 bridgehead atoms. The van der Waals surface area contributed by atoms with E-state index in [1.165, 1.54) is 43.4 Å². The molecule has 25 heavy (non-hydrogen) atoms. The lowest BCUT2D eigenvalue weighted by molar-refractivity contribution is -0.886. The number of furan rings is 1. The first-order valence-corrected chi connectivity index (χ1v) is 10.1. The normalized spacial score (nSPS) is 35.6. The molecule has 0 saturated heterocycles. The highest BCUT2D eigenvalue weighted by atomic mass is 16.3. The van der Waals surface area contributed by atoms with Gasteiger partial charge in [0.2, 0.25) is 0 Å². The first kappa shape index (κ1) is 17.1. The number of rotatable bonds is 6. The van der Waals surface area contributed by atoms with E-state index in [4.69, 9.17) is 4.42 Å². The number of quaternary nitrogens is 1. The zero-order valence-electron chi connectivity index (χ0n) is 15.9. The molecule has 5 rings (SSSR count). The molecule has 1 aromatic heterocycles. The maximum atomic E-state index is 12.6. The molecular weight excluding hydrogens is 312 g/mol. The van der Waals surface area contributed by atoms with E-state index in [0.29, 0.717) is 18.0 Å². The lowest BCUT2D eigenvalue weighted by Crippen LogP contribution is -3.09. The summed E-state index contributed by atoms with van der Waals surface area (Å²) < 4.78 is 5.63. The first-order valence-electron chi connectivity index (χ1n) is 10.1. The molecule has 2 N–H and O–H groups in total. The van der Waals surface area contributed by atoms with Crippen molar-refractivity contribution in [3.63, 3.8) is 0 Å². The molecular formula is C21H33N2O2+. The molecule has 0 aliphatic heterocycles. The van der Waals surface area contributed by atoms with Gasteiger partial charge in [0.1, 0.15) is 12.3 Å². The Balaban J connectivity index is 1.31. The lowest BCUT2D eigenvalue weighted by Gasteiger charge is -2.59. The quantitative estimate of drug-likeness (QED) is 0.831. The van der Waals surface area contributed by atoms with Crippen molar-refractivity contribution in [2.24, 2.45) is 23.2 Å². The number of hydrogen-bond donors (Lipinski definition) is 2. The summed E-state index contributed by atoms with van der Waals surface area (Å²) in [6, 6.07) is 4.30. The van der Waals surface area contributed by atoms with Gasteiger partial charge < -0.3 is 14.6 Å². The molecule has 1 aromatic rings. The molecule has 1 amide bonds. The van der Waals surface area contributed by atoms with Gasteiger partial charge in [-0.1, -0.05) is 0 Å². The van der Waals surface area contributed by atoms with Gasteiger partial charge in [0.15, 0.2) is 12.3 Å². The van der Waals surface area contributed by atoms with E-state index in [1.807, 2.05) is 19.1 Å². The molecule has 0 spiro atoms. The van der Waals surface area contributed by atoms with Crippen molar-refractivity contribution in [2.75, 3.05) is 13.6 Å². The summed E-state index contributed by atoms with van der Waals surface area (Å²) in [5, 5.41) is 3.37. The van der Waals surface area contributed by atoms with Crippen LogP contribution in [0.1, 0.15) is 57.0 Å². The summed E-state index contributed by atoms with van der Waals surface area (Å²) in [5.74, 6) is 4.87. The number of likely N-dealkylation sites (N-methyl/N-ethyl adjacent to an activating group) is 1. The smallest absolute Gasteiger partial charge is 0.275 e. The van der Waals surface area contributed by atoms with Gasteiger partial charge in [-0.3, -0.25) is 4.79 Å². The number of carbonyl (C=O) groups excluding carboxylic acids is 1. The monoisotopic (exact) mass is 345 g/mol. The SMILES string of the molecule is Cc1ccc(C[NH+](C)CC(=O)N[C@H](C)C23CC4CC(CC(C4)C2)C3)o1. The molecule has 138 valence electrons. The van der Waals surface area contributed by atoms with Crippen LogP contribution in [0.15, 0.2) is 16.5 Å². The van der Waals surface area contributed by atoms with Gasteiger partial charge in [0.25, 0.3) is 5.91 Å². The minimum Gasteiger partial charge on any atom is -0.460 e. The Morgan fingerprint density at radius 2 is 1.84 bits per heavy atom. The van der Waals surface area contributed by atoms with Crippen LogP contribution in [0.2, 0.25) is 0 Å². The Hall–Kier alpha value is -1.29. The van der Waals surface area contributed by atoms with E-state index in [0.717, 1.165) is 35.8 Å². The second kappa shape index (κ2) is 6.46. The van der Waals surface area contributed by atoms with Crippen LogP contribution < -0.4 is 10.2 Å². The van der Waals surface area contributed by atoms with Crippen molar-refractivity contribution < 1.29 is 14.1 Å². The van der Waals surface area contributed by atoms with E-state index < -0.39 is 0 Å². The Morgan fingerprint density at radius 1 is 1.24 bits per heavy atom. The average Bonchev–Trinajstić information content (AvgIpc) is 2.90. The summed E-state index contributed by atoms with van der Waals surface area (Å²) in [6.45, 7) is 5.48. The highest BCUT2D eigenvalue weighted by Gasteiger charge is 2.53. The molecule has 4 aliphatic rings. The number of nitrogens with one attached hydrogen (secondary N) is 2. The number of carbonyl (C=O) groups is 1. The minimum atomic E-state index is 0.184. The van der Waals surface area contributed by atoms with E-state index >= 15 is 0 Å². The van der Waals surface area contributed by atoms with Crippen LogP contribution in [0.25, 0.3) is 0 Å². The molecule has 4 saturated carbocycles. The van der Waals surface area contributed by atoms with Crippen LogP contribution in [0.4, 0.5) is 0 Å². The highest BCUT2D eigenvalue weighted by Crippen LogP contribution is 2.61. The van der Waals surface area contributed by atoms with E-state index in [-0.39, 0.29) is 5.91 Å². The zero-order valence-corrected chi connectivity index (χ0v) is 15.9. The van der Waals surface area contributed by atoms with Gasteiger partial charge in [-0.15, -0.1) is 0 Å². The van der Waals surface area contributed by atoms with Crippen molar-refractivity contribution in [1.82, 2.24) is 5.32 Å². The van der Waals surface area contributed by atoms with Crippen molar-refractivity contribution in [3.05, 3.63) is 23.7 Å². The number of aryl methyl sites for hydroxylation is 1. The van der Waals surface area contributed by atoms with Crippen molar-refractivity contribution in [1.29, 1.82) is 0 Å². The Morgan fingerprint density at radius 3 is 2.36 bits per heavy atom. The predicted molar refractivity (Wildman–Crippen MR) is 97.1 cm³/mol. The van der Waals surface area contributed by atoms with Crippen LogP contribution in [0.5, 0.6) is 0 Å². The standard InChI is InChI=1S/C21H32N2O2/c1-14-4-5-19(25-14)12-23(3)13-20(24)22-15(2)21-9-16-6-17(10-21)8-18(7-16)11-21/h4-5,15-18H,6-13H2,1-3H3,(H,22,24)/p+1/t15-,16?,17?,18?,21?/m1/s1. The average molecular weight is 346 g/mol. The van der Waals surface area contributed by atoms with Gasteiger partial charge >= 0.3 is 0 Å². The summed E-state index contributed by atoms with van der Waals surface area (Å²) in [7, 11) is 2.06. The second-order valence-corrected chi connectivity index (χ2v) is 9.39. The predicted octanol–water partition coefficient (Wildman–Crippen LogP) is 2.32. The van der Waals surface area contributed by atoms with E-state index in [9.17, 15) is 4.79 Å². The number of hydrogen-bond acceptors (Lipinski definition) is 2. The van der Waals surface area contributed by atoms with Gasteiger partial charge in [0.05, 0.1) is 7.05 Å². The van der Waals surface area contributed by atoms with Gasteiger partial charge in [-0.25, -0.2) is 0 Å². The number of amides is 1.